The quantitative estimate of drug-likeness (QED) is 0.406. The largest absolute Gasteiger partial charge is 0.492 e. The van der Waals surface area contributed by atoms with Gasteiger partial charge in [-0.1, -0.05) is 20.8 Å². The van der Waals surface area contributed by atoms with Gasteiger partial charge in [-0.25, -0.2) is 4.79 Å². The van der Waals surface area contributed by atoms with Crippen molar-refractivity contribution >= 4 is 23.3 Å². The molecule has 0 unspecified atom stereocenters. The average Bonchev–Trinajstić information content (AvgIpc) is 3.46. The summed E-state index contributed by atoms with van der Waals surface area (Å²) in [6.07, 6.45) is -1.30. The third-order valence-corrected chi connectivity index (χ3v) is 8.15. The molecule has 0 spiro atoms. The normalized spacial score (nSPS) is 18.9. The lowest BCUT2D eigenvalue weighted by molar-refractivity contribution is -0.137. The Bertz CT molecular complexity index is 1320. The van der Waals surface area contributed by atoms with Crippen molar-refractivity contribution in [2.75, 3.05) is 26.3 Å². The first-order valence-corrected chi connectivity index (χ1v) is 14.5. The molecule has 0 N–H and O–H groups in total. The van der Waals surface area contributed by atoms with Gasteiger partial charge in [0.1, 0.15) is 11.4 Å². The Morgan fingerprint density at radius 3 is 2.41 bits per heavy atom. The van der Waals surface area contributed by atoms with E-state index in [1.54, 1.807) is 20.8 Å². The monoisotopic (exact) mass is 597 g/mol. The third-order valence-electron chi connectivity index (χ3n) is 6.70. The second kappa shape index (κ2) is 11.8. The first kappa shape index (κ1) is 31.1. The topological polar surface area (TPSA) is 82.4 Å². The minimum absolute atomic E-state index is 0.0124. The number of benzene rings is 1. The van der Waals surface area contributed by atoms with Gasteiger partial charge >= 0.3 is 12.3 Å². The number of alkyl halides is 3. The zero-order valence-electron chi connectivity index (χ0n) is 24.3. The van der Waals surface area contributed by atoms with Crippen LogP contribution < -0.4 is 9.54 Å². The standard InChI is InChI=1S/C29H38F3N3O5S/c1-27(2,3)23-16-34(15-20-8-7-11-38-20)25(41-23)33-24(36)21-12-19(29(30,31)32)9-10-22(21)39-17-18-13-35(14-18)26(37)40-28(4,5)6/h9-10,12,16,18,20H,7-8,11,13-15,17H2,1-6H3/b33-25-/t20-/m1/s1. The van der Waals surface area contributed by atoms with Crippen molar-refractivity contribution in [3.05, 3.63) is 45.2 Å². The number of carbonyl (C=O) groups is 2. The number of nitrogens with zero attached hydrogens (tertiary/aromatic N) is 3. The molecule has 12 heteroatoms. The summed E-state index contributed by atoms with van der Waals surface area (Å²) >= 11 is 1.33. The Morgan fingerprint density at radius 1 is 1.12 bits per heavy atom. The van der Waals surface area contributed by atoms with Crippen LogP contribution >= 0.6 is 11.3 Å². The van der Waals surface area contributed by atoms with Crippen LogP contribution in [0.2, 0.25) is 0 Å². The summed E-state index contributed by atoms with van der Waals surface area (Å²) in [5.41, 5.74) is -2.05. The fourth-order valence-corrected chi connectivity index (χ4v) is 5.51. The smallest absolute Gasteiger partial charge is 0.416 e. The van der Waals surface area contributed by atoms with Crippen LogP contribution in [0.25, 0.3) is 0 Å². The van der Waals surface area contributed by atoms with E-state index in [-0.39, 0.29) is 35.4 Å². The lowest BCUT2D eigenvalue weighted by atomic mass is 9.95. The van der Waals surface area contributed by atoms with Gasteiger partial charge in [0.2, 0.25) is 0 Å². The Hall–Kier alpha value is -2.86. The molecule has 8 nitrogen and oxygen atoms in total. The average molecular weight is 598 g/mol. The van der Waals surface area contributed by atoms with Crippen molar-refractivity contribution in [1.82, 2.24) is 9.47 Å². The van der Waals surface area contributed by atoms with E-state index in [2.05, 4.69) is 4.99 Å². The molecule has 226 valence electrons. The van der Waals surface area contributed by atoms with E-state index in [0.29, 0.717) is 31.0 Å². The molecule has 3 heterocycles. The molecular formula is C29H38F3N3O5S. The molecule has 2 aliphatic heterocycles. The number of thiazole rings is 1. The lowest BCUT2D eigenvalue weighted by Crippen LogP contribution is -2.53. The van der Waals surface area contributed by atoms with E-state index in [9.17, 15) is 22.8 Å². The maximum Gasteiger partial charge on any atom is 0.416 e. The lowest BCUT2D eigenvalue weighted by Gasteiger charge is -2.39. The molecule has 41 heavy (non-hydrogen) atoms. The summed E-state index contributed by atoms with van der Waals surface area (Å²) in [5.74, 6) is -0.857. The number of aromatic nitrogens is 1. The van der Waals surface area contributed by atoms with Gasteiger partial charge < -0.3 is 23.7 Å². The SMILES string of the molecule is CC(C)(C)OC(=O)N1CC(COc2ccc(C(F)(F)F)cc2C(=O)/N=c2\sc(C(C)(C)C)cn2C[C@H]2CCCO2)C1. The number of rotatable bonds is 6. The van der Waals surface area contributed by atoms with Gasteiger partial charge in [-0.15, -0.1) is 11.3 Å². The van der Waals surface area contributed by atoms with Gasteiger partial charge in [-0.3, -0.25) is 4.79 Å². The minimum atomic E-state index is -4.64. The zero-order chi connectivity index (χ0) is 30.2. The molecule has 2 aromatic rings. The highest BCUT2D eigenvalue weighted by Crippen LogP contribution is 2.34. The maximum absolute atomic E-state index is 13.6. The number of likely N-dealkylation sites (tertiary alicyclic amines) is 1. The molecule has 0 radical (unpaired) electrons. The summed E-state index contributed by atoms with van der Waals surface area (Å²) in [6, 6.07) is 2.84. The Kier molecular flexibility index (Phi) is 8.94. The summed E-state index contributed by atoms with van der Waals surface area (Å²) in [7, 11) is 0. The number of amides is 2. The highest BCUT2D eigenvalue weighted by molar-refractivity contribution is 7.09. The van der Waals surface area contributed by atoms with E-state index >= 15 is 0 Å². The predicted molar refractivity (Wildman–Crippen MR) is 148 cm³/mol. The molecular weight excluding hydrogens is 559 g/mol. The molecule has 0 saturated carbocycles. The number of ether oxygens (including phenoxy) is 3. The van der Waals surface area contributed by atoms with Crippen molar-refractivity contribution in [2.24, 2.45) is 10.9 Å². The van der Waals surface area contributed by atoms with Gasteiger partial charge in [0.25, 0.3) is 5.91 Å². The predicted octanol–water partition coefficient (Wildman–Crippen LogP) is 6.03. The van der Waals surface area contributed by atoms with Gasteiger partial charge in [0, 0.05) is 36.7 Å². The molecule has 4 rings (SSSR count). The van der Waals surface area contributed by atoms with E-state index in [1.807, 2.05) is 31.5 Å². The highest BCUT2D eigenvalue weighted by Gasteiger charge is 2.35. The fourth-order valence-electron chi connectivity index (χ4n) is 4.46. The Morgan fingerprint density at radius 2 is 1.83 bits per heavy atom. The summed E-state index contributed by atoms with van der Waals surface area (Å²) in [5, 5.41) is 0. The molecule has 2 aliphatic rings. The van der Waals surface area contributed by atoms with Crippen molar-refractivity contribution in [3.63, 3.8) is 0 Å². The van der Waals surface area contributed by atoms with Crippen LogP contribution in [0, 0.1) is 5.92 Å². The van der Waals surface area contributed by atoms with Gasteiger partial charge in [0.05, 0.1) is 30.4 Å². The third kappa shape index (κ3) is 8.12. The van der Waals surface area contributed by atoms with Crippen LogP contribution in [0.3, 0.4) is 0 Å². The van der Waals surface area contributed by atoms with Crippen LogP contribution in [0.1, 0.15) is 75.2 Å². The number of halogens is 3. The number of hydrogen-bond acceptors (Lipinski definition) is 6. The molecule has 1 aromatic carbocycles. The molecule has 0 aliphatic carbocycles. The Labute approximate surface area is 242 Å². The first-order chi connectivity index (χ1) is 19.0. The van der Waals surface area contributed by atoms with E-state index < -0.39 is 29.3 Å². The second-order valence-corrected chi connectivity index (χ2v) is 13.6. The second-order valence-electron chi connectivity index (χ2n) is 12.6. The summed E-state index contributed by atoms with van der Waals surface area (Å²) in [4.78, 5) is 32.8. The molecule has 2 amide bonds. The van der Waals surface area contributed by atoms with Crippen molar-refractivity contribution in [1.29, 1.82) is 0 Å². The molecule has 1 aromatic heterocycles. The van der Waals surface area contributed by atoms with E-state index in [4.69, 9.17) is 14.2 Å². The van der Waals surface area contributed by atoms with Crippen molar-refractivity contribution in [3.8, 4) is 5.75 Å². The zero-order valence-corrected chi connectivity index (χ0v) is 25.2. The summed E-state index contributed by atoms with van der Waals surface area (Å²) < 4.78 is 59.6. The Balaban J connectivity index is 1.57. The van der Waals surface area contributed by atoms with Crippen LogP contribution in [0.4, 0.5) is 18.0 Å². The highest BCUT2D eigenvalue weighted by atomic mass is 32.1. The van der Waals surface area contributed by atoms with Crippen LogP contribution in [-0.2, 0) is 27.6 Å². The fraction of sp³-hybridized carbons (Fsp3) is 0.621. The molecule has 1 atom stereocenters. The van der Waals surface area contributed by atoms with Gasteiger partial charge in [0.15, 0.2) is 4.80 Å². The number of carbonyl (C=O) groups excluding carboxylic acids is 2. The van der Waals surface area contributed by atoms with Crippen LogP contribution in [0.15, 0.2) is 29.4 Å². The van der Waals surface area contributed by atoms with Crippen LogP contribution in [-0.4, -0.2) is 59.5 Å². The van der Waals surface area contributed by atoms with Crippen molar-refractivity contribution < 1.29 is 37.0 Å². The number of hydrogen-bond donors (Lipinski definition) is 0. The van der Waals surface area contributed by atoms with E-state index in [0.717, 1.165) is 35.9 Å². The van der Waals surface area contributed by atoms with Gasteiger partial charge in [-0.05, 0) is 57.2 Å². The van der Waals surface area contributed by atoms with Crippen LogP contribution in [0.5, 0.6) is 5.75 Å². The summed E-state index contributed by atoms with van der Waals surface area (Å²) in [6.45, 7) is 13.6. The first-order valence-electron chi connectivity index (χ1n) is 13.7. The maximum atomic E-state index is 13.6. The van der Waals surface area contributed by atoms with E-state index in [1.165, 1.54) is 16.2 Å². The molecule has 0 bridgehead atoms. The minimum Gasteiger partial charge on any atom is -0.492 e. The molecule has 2 saturated heterocycles. The molecule has 2 fully saturated rings. The van der Waals surface area contributed by atoms with Crippen molar-refractivity contribution in [2.45, 2.75) is 84.2 Å². The van der Waals surface area contributed by atoms with Gasteiger partial charge in [-0.2, -0.15) is 18.2 Å².